The van der Waals surface area contributed by atoms with Crippen LogP contribution in [-0.2, 0) is 5.67 Å². The minimum Gasteiger partial charge on any atom is -0.313 e. The van der Waals surface area contributed by atoms with Crippen molar-refractivity contribution < 1.29 is 13.2 Å². The van der Waals surface area contributed by atoms with Gasteiger partial charge in [-0.1, -0.05) is 6.07 Å². The van der Waals surface area contributed by atoms with Gasteiger partial charge in [-0.3, -0.25) is 0 Å². The van der Waals surface area contributed by atoms with Crippen LogP contribution in [0.3, 0.4) is 0 Å². The van der Waals surface area contributed by atoms with Crippen molar-refractivity contribution in [1.29, 1.82) is 0 Å². The van der Waals surface area contributed by atoms with Gasteiger partial charge in [0.25, 0.3) is 0 Å². The van der Waals surface area contributed by atoms with Crippen molar-refractivity contribution in [3.05, 3.63) is 35.4 Å². The Morgan fingerprint density at radius 1 is 1.20 bits per heavy atom. The van der Waals surface area contributed by atoms with Crippen molar-refractivity contribution in [1.82, 2.24) is 5.32 Å². The number of rotatable bonds is 1. The quantitative estimate of drug-likeness (QED) is 0.759. The van der Waals surface area contributed by atoms with Gasteiger partial charge in [-0.25, -0.2) is 13.2 Å². The Kier molecular flexibility index (Phi) is 2.69. The molecule has 1 aliphatic rings. The van der Waals surface area contributed by atoms with E-state index in [-0.39, 0.29) is 13.0 Å². The molecular formula is C11H12F3N. The summed E-state index contributed by atoms with van der Waals surface area (Å²) in [7, 11) is 0. The second-order valence-corrected chi connectivity index (χ2v) is 3.84. The third kappa shape index (κ3) is 1.86. The zero-order chi connectivity index (χ0) is 10.9. The first-order chi connectivity index (χ1) is 7.13. The van der Waals surface area contributed by atoms with Gasteiger partial charge < -0.3 is 5.32 Å². The molecule has 0 radical (unpaired) electrons. The van der Waals surface area contributed by atoms with E-state index in [0.29, 0.717) is 13.0 Å². The van der Waals surface area contributed by atoms with E-state index in [0.717, 1.165) is 12.1 Å². The van der Waals surface area contributed by atoms with Crippen LogP contribution < -0.4 is 5.32 Å². The average Bonchev–Trinajstić information content (AvgIpc) is 2.18. The lowest BCUT2D eigenvalue weighted by Gasteiger charge is -2.30. The Morgan fingerprint density at radius 3 is 2.40 bits per heavy atom. The van der Waals surface area contributed by atoms with Crippen LogP contribution in [0.4, 0.5) is 13.2 Å². The van der Waals surface area contributed by atoms with Crippen molar-refractivity contribution in [2.45, 2.75) is 18.5 Å². The van der Waals surface area contributed by atoms with Crippen molar-refractivity contribution in [3.63, 3.8) is 0 Å². The zero-order valence-electron chi connectivity index (χ0n) is 8.19. The third-order valence-electron chi connectivity index (χ3n) is 2.74. The predicted octanol–water partition coefficient (Wildman–Crippen LogP) is 2.51. The van der Waals surface area contributed by atoms with Gasteiger partial charge >= 0.3 is 0 Å². The Bertz CT molecular complexity index is 339. The van der Waals surface area contributed by atoms with Gasteiger partial charge in [0.15, 0.2) is 5.67 Å². The Labute approximate surface area is 86.3 Å². The van der Waals surface area contributed by atoms with Gasteiger partial charge in [-0.2, -0.15) is 0 Å². The average molecular weight is 215 g/mol. The molecule has 0 amide bonds. The maximum Gasteiger partial charge on any atom is 0.154 e. The molecule has 82 valence electrons. The highest BCUT2D eigenvalue weighted by Gasteiger charge is 2.38. The number of hydrogen-bond acceptors (Lipinski definition) is 1. The zero-order valence-corrected chi connectivity index (χ0v) is 8.19. The summed E-state index contributed by atoms with van der Waals surface area (Å²) < 4.78 is 41.0. The number of alkyl halides is 1. The van der Waals surface area contributed by atoms with Crippen LogP contribution in [0.15, 0.2) is 18.2 Å². The van der Waals surface area contributed by atoms with E-state index in [1.165, 1.54) is 6.07 Å². The molecule has 1 N–H and O–H groups in total. The van der Waals surface area contributed by atoms with Crippen LogP contribution in [0, 0.1) is 11.6 Å². The van der Waals surface area contributed by atoms with Gasteiger partial charge in [-0.05, 0) is 31.5 Å². The summed E-state index contributed by atoms with van der Waals surface area (Å²) in [6.07, 6.45) is 0.752. The van der Waals surface area contributed by atoms with Crippen LogP contribution >= 0.6 is 0 Å². The molecule has 0 aliphatic carbocycles. The predicted molar refractivity (Wildman–Crippen MR) is 51.2 cm³/mol. The summed E-state index contributed by atoms with van der Waals surface area (Å²) in [6.45, 7) is 0.673. The molecule has 1 aliphatic heterocycles. The second kappa shape index (κ2) is 3.85. The van der Waals surface area contributed by atoms with Crippen molar-refractivity contribution in [3.8, 4) is 0 Å². The lowest BCUT2D eigenvalue weighted by atomic mass is 9.87. The maximum absolute atomic E-state index is 14.3. The van der Waals surface area contributed by atoms with Gasteiger partial charge in [0.2, 0.25) is 0 Å². The maximum atomic E-state index is 14.3. The van der Waals surface area contributed by atoms with Crippen molar-refractivity contribution >= 4 is 0 Å². The minimum atomic E-state index is -1.91. The molecule has 1 atom stereocenters. The molecule has 15 heavy (non-hydrogen) atoms. The molecule has 2 rings (SSSR count). The highest BCUT2D eigenvalue weighted by molar-refractivity contribution is 5.27. The first-order valence-corrected chi connectivity index (χ1v) is 4.98. The fourth-order valence-electron chi connectivity index (χ4n) is 2.01. The molecule has 1 unspecified atom stereocenters. The van der Waals surface area contributed by atoms with Crippen LogP contribution in [-0.4, -0.2) is 13.1 Å². The normalized spacial score (nSPS) is 26.6. The molecule has 1 fully saturated rings. The number of halogens is 3. The second-order valence-electron chi connectivity index (χ2n) is 3.84. The Hall–Kier alpha value is -1.03. The molecule has 1 heterocycles. The first kappa shape index (κ1) is 10.5. The van der Waals surface area contributed by atoms with Crippen LogP contribution in [0.2, 0.25) is 0 Å². The summed E-state index contributed by atoms with van der Waals surface area (Å²) in [5, 5.41) is 2.82. The van der Waals surface area contributed by atoms with Crippen molar-refractivity contribution in [2.24, 2.45) is 0 Å². The Morgan fingerprint density at radius 2 is 1.87 bits per heavy atom. The molecule has 0 saturated carbocycles. The summed E-state index contributed by atoms with van der Waals surface area (Å²) >= 11 is 0. The highest BCUT2D eigenvalue weighted by Crippen LogP contribution is 2.35. The number of hydrogen-bond donors (Lipinski definition) is 1. The molecule has 1 aromatic carbocycles. The largest absolute Gasteiger partial charge is 0.313 e. The van der Waals surface area contributed by atoms with Crippen molar-refractivity contribution in [2.75, 3.05) is 13.1 Å². The van der Waals surface area contributed by atoms with Crippen LogP contribution in [0.1, 0.15) is 18.4 Å². The van der Waals surface area contributed by atoms with E-state index in [1.807, 2.05) is 0 Å². The standard InChI is InChI=1S/C11H12F3N/c12-8-3-1-4-9(13)10(8)11(14)5-2-6-15-7-11/h1,3-4,15H,2,5-7H2. The number of nitrogens with one attached hydrogen (secondary N) is 1. The molecule has 4 heteroatoms. The van der Waals surface area contributed by atoms with Gasteiger partial charge in [0, 0.05) is 6.54 Å². The smallest absolute Gasteiger partial charge is 0.154 e. The molecular weight excluding hydrogens is 203 g/mol. The summed E-state index contributed by atoms with van der Waals surface area (Å²) in [6, 6.07) is 3.43. The van der Waals surface area contributed by atoms with Crippen LogP contribution in [0.25, 0.3) is 0 Å². The summed E-state index contributed by atoms with van der Waals surface area (Å²) in [5.41, 5.74) is -2.34. The van der Waals surface area contributed by atoms with Gasteiger partial charge in [0.05, 0.1) is 5.56 Å². The minimum absolute atomic E-state index is 0.0230. The lowest BCUT2D eigenvalue weighted by Crippen LogP contribution is -2.41. The molecule has 0 aromatic heterocycles. The van der Waals surface area contributed by atoms with Crippen LogP contribution in [0.5, 0.6) is 0 Å². The fourth-order valence-corrected chi connectivity index (χ4v) is 2.01. The van der Waals surface area contributed by atoms with Gasteiger partial charge in [0.1, 0.15) is 11.6 Å². The SMILES string of the molecule is Fc1cccc(F)c1C1(F)CCCNC1. The summed E-state index contributed by atoms with van der Waals surface area (Å²) in [4.78, 5) is 0. The van der Waals surface area contributed by atoms with Gasteiger partial charge in [-0.15, -0.1) is 0 Å². The van der Waals surface area contributed by atoms with E-state index in [9.17, 15) is 13.2 Å². The highest BCUT2D eigenvalue weighted by atomic mass is 19.2. The molecule has 1 saturated heterocycles. The molecule has 0 spiro atoms. The van der Waals surface area contributed by atoms with E-state index < -0.39 is 22.9 Å². The third-order valence-corrected chi connectivity index (χ3v) is 2.74. The van der Waals surface area contributed by atoms with E-state index in [2.05, 4.69) is 5.32 Å². The van der Waals surface area contributed by atoms with E-state index in [1.54, 1.807) is 0 Å². The number of benzene rings is 1. The lowest BCUT2D eigenvalue weighted by molar-refractivity contribution is 0.112. The fraction of sp³-hybridized carbons (Fsp3) is 0.455. The molecule has 1 aromatic rings. The topological polar surface area (TPSA) is 12.0 Å². The van der Waals surface area contributed by atoms with E-state index >= 15 is 0 Å². The number of piperidine rings is 1. The molecule has 1 nitrogen and oxygen atoms in total. The monoisotopic (exact) mass is 215 g/mol. The Balaban J connectivity index is 2.42. The molecule has 0 bridgehead atoms. The van der Waals surface area contributed by atoms with E-state index in [4.69, 9.17) is 0 Å². The summed E-state index contributed by atoms with van der Waals surface area (Å²) in [5.74, 6) is -1.61. The first-order valence-electron chi connectivity index (χ1n) is 4.98.